The fraction of sp³-hybridized carbons (Fsp3) is 0.286. The Morgan fingerprint density at radius 2 is 1.60 bits per heavy atom. The Hall–Kier alpha value is -4.25. The quantitative estimate of drug-likeness (QED) is 0.142. The summed E-state index contributed by atoms with van der Waals surface area (Å²) in [5.74, 6) is 0.188. The van der Waals surface area contributed by atoms with Gasteiger partial charge in [0.15, 0.2) is 0 Å². The molecule has 40 heavy (non-hydrogen) atoms. The van der Waals surface area contributed by atoms with Gasteiger partial charge in [-0.1, -0.05) is 105 Å². The van der Waals surface area contributed by atoms with Crippen LogP contribution in [0, 0.1) is 13.8 Å². The molecule has 5 nitrogen and oxygen atoms in total. The number of hydrogen-bond acceptors (Lipinski definition) is 3. The van der Waals surface area contributed by atoms with Crippen LogP contribution >= 0.6 is 0 Å². The predicted octanol–water partition coefficient (Wildman–Crippen LogP) is 8.96. The van der Waals surface area contributed by atoms with Crippen molar-refractivity contribution in [3.63, 3.8) is 0 Å². The summed E-state index contributed by atoms with van der Waals surface area (Å²) < 4.78 is 0. The number of benzene rings is 2. The van der Waals surface area contributed by atoms with Gasteiger partial charge in [-0.05, 0) is 62.9 Å². The maximum atomic E-state index is 10.8. The van der Waals surface area contributed by atoms with E-state index in [1.54, 1.807) is 6.08 Å². The average Bonchev–Trinajstić information content (AvgIpc) is 2.87. The number of nitrogens with zero attached hydrogens (tertiary/aromatic N) is 1. The zero-order valence-electron chi connectivity index (χ0n) is 25.2. The van der Waals surface area contributed by atoms with Gasteiger partial charge >= 0.3 is 6.03 Å². The van der Waals surface area contributed by atoms with Crippen LogP contribution in [0.3, 0.4) is 0 Å². The minimum Gasteiger partial charge on any atom is -0.513 e. The average molecular weight is 544 g/mol. The molecule has 2 rings (SSSR count). The highest BCUT2D eigenvalue weighted by Crippen LogP contribution is 2.16. The summed E-state index contributed by atoms with van der Waals surface area (Å²) in [6.45, 7) is 27.3. The molecule has 216 valence electrons. The fourth-order valence-electron chi connectivity index (χ4n) is 3.43. The predicted molar refractivity (Wildman–Crippen MR) is 175 cm³/mol. The van der Waals surface area contributed by atoms with Crippen LogP contribution in [-0.2, 0) is 6.42 Å². The monoisotopic (exact) mass is 543 g/mol. The Kier molecular flexibility index (Phi) is 18.5. The molecule has 0 aliphatic heterocycles. The molecular weight excluding hydrogens is 494 g/mol. The third-order valence-electron chi connectivity index (χ3n) is 5.57. The molecule has 0 aromatic heterocycles. The first-order valence-electron chi connectivity index (χ1n) is 13.5. The van der Waals surface area contributed by atoms with E-state index in [9.17, 15) is 4.79 Å². The molecule has 0 saturated carbocycles. The van der Waals surface area contributed by atoms with Crippen molar-refractivity contribution in [2.24, 2.45) is 5.73 Å². The van der Waals surface area contributed by atoms with E-state index >= 15 is 0 Å². The summed E-state index contributed by atoms with van der Waals surface area (Å²) in [6, 6.07) is 15.4. The molecule has 0 unspecified atom stereocenters. The van der Waals surface area contributed by atoms with Gasteiger partial charge in [0.05, 0.1) is 5.76 Å². The van der Waals surface area contributed by atoms with Crippen molar-refractivity contribution in [3.8, 4) is 0 Å². The molecule has 0 heterocycles. The number of carbonyl (C=O) groups excluding carboxylic acids is 1. The largest absolute Gasteiger partial charge is 0.513 e. The number of primary amides is 1. The Balaban J connectivity index is 0.000000663. The number of allylic oxidation sites excluding steroid dienone is 6. The summed E-state index contributed by atoms with van der Waals surface area (Å²) in [5.41, 5.74) is 13.0. The zero-order chi connectivity index (χ0) is 30.5. The molecular formula is C35H49N3O2. The van der Waals surface area contributed by atoms with Crippen molar-refractivity contribution in [1.82, 2.24) is 4.90 Å². The Morgan fingerprint density at radius 3 is 2.02 bits per heavy atom. The number of anilines is 1. The summed E-state index contributed by atoms with van der Waals surface area (Å²) in [5, 5.41) is 11.3. The summed E-state index contributed by atoms with van der Waals surface area (Å²) in [4.78, 5) is 13.0. The van der Waals surface area contributed by atoms with Gasteiger partial charge in [-0.3, -0.25) is 0 Å². The molecule has 5 heteroatoms. The van der Waals surface area contributed by atoms with E-state index in [0.717, 1.165) is 48.3 Å². The maximum Gasteiger partial charge on any atom is 0.316 e. The molecule has 0 spiro atoms. The molecule has 0 bridgehead atoms. The van der Waals surface area contributed by atoms with E-state index in [1.807, 2.05) is 56.3 Å². The minimum absolute atomic E-state index is 0.188. The SMILES string of the molecule is C=C(C)CN(CCC)C(=C)Cc1ccc(NC(N)=O)cc1.C=C/C=C(C)\C=C/CC(=C)O.Cc1ccccc1C. The van der Waals surface area contributed by atoms with Crippen molar-refractivity contribution in [2.45, 2.75) is 53.9 Å². The lowest BCUT2D eigenvalue weighted by molar-refractivity contribution is 0.259. The summed E-state index contributed by atoms with van der Waals surface area (Å²) in [6.07, 6.45) is 9.78. The fourth-order valence-corrected chi connectivity index (χ4v) is 3.43. The minimum atomic E-state index is -0.553. The normalized spacial score (nSPS) is 10.4. The van der Waals surface area contributed by atoms with Crippen LogP contribution in [0.25, 0.3) is 0 Å². The van der Waals surface area contributed by atoms with E-state index in [1.165, 1.54) is 11.1 Å². The number of amides is 2. The third kappa shape index (κ3) is 18.1. The Labute approximate surface area is 242 Å². The lowest BCUT2D eigenvalue weighted by Gasteiger charge is -2.26. The zero-order valence-corrected chi connectivity index (χ0v) is 25.2. The van der Waals surface area contributed by atoms with Crippen LogP contribution in [0.2, 0.25) is 0 Å². The van der Waals surface area contributed by atoms with Crippen molar-refractivity contribution >= 4 is 11.7 Å². The third-order valence-corrected chi connectivity index (χ3v) is 5.57. The Bertz CT molecular complexity index is 1140. The first kappa shape index (κ1) is 35.8. The molecule has 0 radical (unpaired) electrons. The highest BCUT2D eigenvalue weighted by atomic mass is 16.3. The topological polar surface area (TPSA) is 78.6 Å². The van der Waals surface area contributed by atoms with Crippen molar-refractivity contribution in [1.29, 1.82) is 0 Å². The van der Waals surface area contributed by atoms with Gasteiger partial charge in [0, 0.05) is 37.3 Å². The van der Waals surface area contributed by atoms with Gasteiger partial charge < -0.3 is 21.1 Å². The van der Waals surface area contributed by atoms with Gasteiger partial charge in [0.25, 0.3) is 0 Å². The van der Waals surface area contributed by atoms with Gasteiger partial charge in [0.1, 0.15) is 0 Å². The van der Waals surface area contributed by atoms with Gasteiger partial charge in [-0.15, -0.1) is 0 Å². The number of carbonyl (C=O) groups is 1. The van der Waals surface area contributed by atoms with Crippen LogP contribution in [0.15, 0.2) is 122 Å². The second-order valence-electron chi connectivity index (χ2n) is 9.71. The van der Waals surface area contributed by atoms with E-state index < -0.39 is 6.03 Å². The van der Waals surface area contributed by atoms with Crippen LogP contribution < -0.4 is 11.1 Å². The number of aliphatic hydroxyl groups is 1. The molecule has 2 aromatic carbocycles. The second-order valence-corrected chi connectivity index (χ2v) is 9.71. The summed E-state index contributed by atoms with van der Waals surface area (Å²) >= 11 is 0. The Morgan fingerprint density at radius 1 is 1.02 bits per heavy atom. The highest BCUT2D eigenvalue weighted by Gasteiger charge is 2.08. The number of aryl methyl sites for hydroxylation is 2. The van der Waals surface area contributed by atoms with Crippen LogP contribution in [0.4, 0.5) is 10.5 Å². The second kappa shape index (κ2) is 20.7. The molecule has 0 aliphatic rings. The van der Waals surface area contributed by atoms with Crippen LogP contribution in [0.1, 0.15) is 50.3 Å². The molecule has 2 aromatic rings. The molecule has 0 atom stereocenters. The number of hydrogen-bond donors (Lipinski definition) is 3. The van der Waals surface area contributed by atoms with Crippen LogP contribution in [-0.4, -0.2) is 29.1 Å². The molecule has 4 N–H and O–H groups in total. The number of urea groups is 1. The van der Waals surface area contributed by atoms with E-state index in [0.29, 0.717) is 12.1 Å². The van der Waals surface area contributed by atoms with Gasteiger partial charge in [0.2, 0.25) is 0 Å². The number of rotatable bonds is 12. The lowest BCUT2D eigenvalue weighted by atomic mass is 10.1. The first-order valence-corrected chi connectivity index (χ1v) is 13.5. The van der Waals surface area contributed by atoms with Crippen molar-refractivity contribution in [2.75, 3.05) is 18.4 Å². The lowest BCUT2D eigenvalue weighted by Crippen LogP contribution is -2.26. The van der Waals surface area contributed by atoms with E-state index in [-0.39, 0.29) is 5.76 Å². The first-order chi connectivity index (χ1) is 18.9. The molecule has 0 aliphatic carbocycles. The molecule has 0 fully saturated rings. The van der Waals surface area contributed by atoms with Gasteiger partial charge in [-0.2, -0.15) is 0 Å². The van der Waals surface area contributed by atoms with E-state index in [2.05, 4.69) is 81.6 Å². The van der Waals surface area contributed by atoms with Gasteiger partial charge in [-0.25, -0.2) is 4.79 Å². The summed E-state index contributed by atoms with van der Waals surface area (Å²) in [7, 11) is 0. The highest BCUT2D eigenvalue weighted by molar-refractivity contribution is 5.87. The molecule has 2 amide bonds. The standard InChI is InChI=1S/C17H25N3O.C10H14O.C8H10/c1-5-10-20(12-13(2)3)14(4)11-15-6-8-16(9-7-15)19-17(18)21;1-4-6-9(2)7-5-8-10(3)11;1-7-5-3-4-6-8(7)2/h6-9H,2,4-5,10-12H2,1,3H3,(H3,18,19,21);4-7,11H,1,3,8H2,2H3;3-6H,1-2H3/b;7-5-,9-6-;. The van der Waals surface area contributed by atoms with Crippen LogP contribution in [0.5, 0.6) is 0 Å². The van der Waals surface area contributed by atoms with Crippen molar-refractivity contribution in [3.05, 3.63) is 138 Å². The number of nitrogens with two attached hydrogens (primary N) is 1. The maximum absolute atomic E-state index is 10.8. The van der Waals surface area contributed by atoms with E-state index in [4.69, 9.17) is 10.8 Å². The number of nitrogens with one attached hydrogen (secondary N) is 1. The number of aliphatic hydroxyl groups excluding tert-OH is 1. The smallest absolute Gasteiger partial charge is 0.316 e. The van der Waals surface area contributed by atoms with Crippen molar-refractivity contribution < 1.29 is 9.90 Å². The molecule has 0 saturated heterocycles.